The summed E-state index contributed by atoms with van der Waals surface area (Å²) >= 11 is 0. The molecule has 0 amide bonds. The summed E-state index contributed by atoms with van der Waals surface area (Å²) in [7, 11) is 1.62. The lowest BCUT2D eigenvalue weighted by Gasteiger charge is -2.22. The minimum absolute atomic E-state index is 0.155. The van der Waals surface area contributed by atoms with Crippen molar-refractivity contribution < 1.29 is 9.84 Å². The second-order valence-corrected chi connectivity index (χ2v) is 4.03. The Hall–Kier alpha value is -1.06. The number of nitrogens with two attached hydrogens (primary N) is 1. The van der Waals surface area contributed by atoms with Crippen LogP contribution in [0.4, 0.5) is 0 Å². The molecule has 1 aromatic rings. The number of benzene rings is 1. The zero-order chi connectivity index (χ0) is 11.4. The smallest absolute Gasteiger partial charge is 0.118 e. The fourth-order valence-electron chi connectivity index (χ4n) is 1.44. The standard InChI is InChI=1S/C12H19NO2/c1-8(2)12(14)11(13)9-4-6-10(15-3)7-5-9/h4-8,11-12,14H,13H2,1-3H3. The van der Waals surface area contributed by atoms with Crippen molar-refractivity contribution in [2.45, 2.75) is 26.0 Å². The predicted octanol–water partition coefficient (Wildman–Crippen LogP) is 1.71. The number of hydrogen-bond donors (Lipinski definition) is 2. The van der Waals surface area contributed by atoms with Crippen molar-refractivity contribution in [3.63, 3.8) is 0 Å². The van der Waals surface area contributed by atoms with E-state index in [2.05, 4.69) is 0 Å². The average molecular weight is 209 g/mol. The quantitative estimate of drug-likeness (QED) is 0.793. The minimum Gasteiger partial charge on any atom is -0.497 e. The van der Waals surface area contributed by atoms with Crippen LogP contribution < -0.4 is 10.5 Å². The monoisotopic (exact) mass is 209 g/mol. The molecule has 0 aliphatic carbocycles. The molecule has 0 bridgehead atoms. The zero-order valence-corrected chi connectivity index (χ0v) is 9.47. The first-order valence-electron chi connectivity index (χ1n) is 5.14. The molecule has 15 heavy (non-hydrogen) atoms. The van der Waals surface area contributed by atoms with Crippen molar-refractivity contribution in [1.82, 2.24) is 0 Å². The van der Waals surface area contributed by atoms with Gasteiger partial charge >= 0.3 is 0 Å². The van der Waals surface area contributed by atoms with Crippen LogP contribution in [0.25, 0.3) is 0 Å². The lowest BCUT2D eigenvalue weighted by Crippen LogP contribution is -2.30. The lowest BCUT2D eigenvalue weighted by molar-refractivity contribution is 0.0979. The zero-order valence-electron chi connectivity index (χ0n) is 9.47. The normalized spacial score (nSPS) is 15.1. The summed E-state index contributed by atoms with van der Waals surface area (Å²) in [4.78, 5) is 0. The lowest BCUT2D eigenvalue weighted by atomic mass is 9.94. The van der Waals surface area contributed by atoms with Crippen LogP contribution in [0.2, 0.25) is 0 Å². The summed E-state index contributed by atoms with van der Waals surface area (Å²) in [5.74, 6) is 0.951. The molecule has 84 valence electrons. The van der Waals surface area contributed by atoms with Gasteiger partial charge in [-0.15, -0.1) is 0 Å². The van der Waals surface area contributed by atoms with Crippen molar-refractivity contribution in [2.75, 3.05) is 7.11 Å². The van der Waals surface area contributed by atoms with Crippen LogP contribution in [-0.4, -0.2) is 18.3 Å². The molecule has 0 aromatic heterocycles. The Kier molecular flexibility index (Phi) is 4.12. The number of ether oxygens (including phenoxy) is 1. The first-order valence-corrected chi connectivity index (χ1v) is 5.14. The van der Waals surface area contributed by atoms with E-state index in [1.165, 1.54) is 0 Å². The third kappa shape index (κ3) is 2.94. The summed E-state index contributed by atoms with van der Waals surface area (Å²) in [5, 5.41) is 9.82. The highest BCUT2D eigenvalue weighted by Gasteiger charge is 2.19. The Morgan fingerprint density at radius 2 is 1.73 bits per heavy atom. The molecule has 1 rings (SSSR count). The largest absolute Gasteiger partial charge is 0.497 e. The maximum absolute atomic E-state index is 9.82. The van der Waals surface area contributed by atoms with E-state index in [-0.39, 0.29) is 12.0 Å². The summed E-state index contributed by atoms with van der Waals surface area (Å²) < 4.78 is 5.05. The molecule has 3 heteroatoms. The van der Waals surface area contributed by atoms with Gasteiger partial charge in [0.05, 0.1) is 19.3 Å². The molecular weight excluding hydrogens is 190 g/mol. The fourth-order valence-corrected chi connectivity index (χ4v) is 1.44. The van der Waals surface area contributed by atoms with E-state index in [4.69, 9.17) is 10.5 Å². The summed E-state index contributed by atoms with van der Waals surface area (Å²) in [6, 6.07) is 7.13. The van der Waals surface area contributed by atoms with Gasteiger partial charge in [-0.1, -0.05) is 26.0 Å². The van der Waals surface area contributed by atoms with Gasteiger partial charge in [-0.05, 0) is 23.6 Å². The number of aliphatic hydroxyl groups excluding tert-OH is 1. The fraction of sp³-hybridized carbons (Fsp3) is 0.500. The van der Waals surface area contributed by atoms with E-state index in [0.29, 0.717) is 0 Å². The summed E-state index contributed by atoms with van der Waals surface area (Å²) in [6.45, 7) is 3.90. The van der Waals surface area contributed by atoms with Gasteiger partial charge in [-0.3, -0.25) is 0 Å². The highest BCUT2D eigenvalue weighted by molar-refractivity contribution is 5.29. The molecule has 0 radical (unpaired) electrons. The highest BCUT2D eigenvalue weighted by atomic mass is 16.5. The van der Waals surface area contributed by atoms with E-state index in [9.17, 15) is 5.11 Å². The van der Waals surface area contributed by atoms with Crippen molar-refractivity contribution >= 4 is 0 Å². The van der Waals surface area contributed by atoms with E-state index in [0.717, 1.165) is 11.3 Å². The van der Waals surface area contributed by atoms with E-state index in [1.807, 2.05) is 38.1 Å². The van der Waals surface area contributed by atoms with Crippen LogP contribution in [0.3, 0.4) is 0 Å². The van der Waals surface area contributed by atoms with Crippen molar-refractivity contribution in [2.24, 2.45) is 11.7 Å². The SMILES string of the molecule is COc1ccc(C(N)C(O)C(C)C)cc1. The van der Waals surface area contributed by atoms with Crippen LogP contribution in [0.5, 0.6) is 5.75 Å². The van der Waals surface area contributed by atoms with Crippen molar-refractivity contribution in [3.05, 3.63) is 29.8 Å². The molecule has 2 unspecified atom stereocenters. The van der Waals surface area contributed by atoms with Gasteiger partial charge in [0.1, 0.15) is 5.75 Å². The van der Waals surface area contributed by atoms with Gasteiger partial charge in [0.15, 0.2) is 0 Å². The predicted molar refractivity (Wildman–Crippen MR) is 60.8 cm³/mol. The molecule has 1 aromatic carbocycles. The Bertz CT molecular complexity index is 295. The second kappa shape index (κ2) is 5.14. The molecule has 0 aliphatic heterocycles. The Morgan fingerprint density at radius 1 is 1.20 bits per heavy atom. The molecule has 0 heterocycles. The van der Waals surface area contributed by atoms with Gasteiger partial charge in [-0.25, -0.2) is 0 Å². The highest BCUT2D eigenvalue weighted by Crippen LogP contribution is 2.21. The van der Waals surface area contributed by atoms with E-state index < -0.39 is 6.10 Å². The third-order valence-electron chi connectivity index (χ3n) is 2.55. The molecule has 0 saturated carbocycles. The van der Waals surface area contributed by atoms with Crippen LogP contribution in [0.1, 0.15) is 25.5 Å². The first-order chi connectivity index (χ1) is 7.06. The summed E-state index contributed by atoms with van der Waals surface area (Å²) in [5.41, 5.74) is 6.87. The third-order valence-corrected chi connectivity index (χ3v) is 2.55. The Balaban J connectivity index is 2.78. The van der Waals surface area contributed by atoms with Crippen molar-refractivity contribution in [1.29, 1.82) is 0 Å². The van der Waals surface area contributed by atoms with E-state index >= 15 is 0 Å². The maximum Gasteiger partial charge on any atom is 0.118 e. The molecule has 3 nitrogen and oxygen atoms in total. The summed E-state index contributed by atoms with van der Waals surface area (Å²) in [6.07, 6.45) is -0.515. The van der Waals surface area contributed by atoms with Crippen LogP contribution >= 0.6 is 0 Å². The molecule has 0 fully saturated rings. The molecule has 0 aliphatic rings. The van der Waals surface area contributed by atoms with Gasteiger partial charge in [0, 0.05) is 0 Å². The van der Waals surface area contributed by atoms with Crippen LogP contribution in [-0.2, 0) is 0 Å². The molecule has 3 N–H and O–H groups in total. The molecular formula is C12H19NO2. The topological polar surface area (TPSA) is 55.5 Å². The van der Waals surface area contributed by atoms with Gasteiger partial charge < -0.3 is 15.6 Å². The van der Waals surface area contributed by atoms with Crippen LogP contribution in [0, 0.1) is 5.92 Å². The molecule has 0 spiro atoms. The van der Waals surface area contributed by atoms with E-state index in [1.54, 1.807) is 7.11 Å². The van der Waals surface area contributed by atoms with Gasteiger partial charge in [0.2, 0.25) is 0 Å². The average Bonchev–Trinajstić information content (AvgIpc) is 2.27. The Labute approximate surface area is 90.9 Å². The second-order valence-electron chi connectivity index (χ2n) is 4.03. The number of rotatable bonds is 4. The number of hydrogen-bond acceptors (Lipinski definition) is 3. The maximum atomic E-state index is 9.82. The number of aliphatic hydroxyl groups is 1. The first kappa shape index (κ1) is 12.0. The molecule has 2 atom stereocenters. The van der Waals surface area contributed by atoms with Gasteiger partial charge in [0.25, 0.3) is 0 Å². The van der Waals surface area contributed by atoms with Crippen molar-refractivity contribution in [3.8, 4) is 5.75 Å². The van der Waals surface area contributed by atoms with Gasteiger partial charge in [-0.2, -0.15) is 0 Å². The minimum atomic E-state index is -0.515. The Morgan fingerprint density at radius 3 is 2.13 bits per heavy atom. The molecule has 0 saturated heterocycles. The van der Waals surface area contributed by atoms with Crippen LogP contribution in [0.15, 0.2) is 24.3 Å². The number of methoxy groups -OCH3 is 1.